The molecule has 0 fully saturated rings. The van der Waals surface area contributed by atoms with Gasteiger partial charge < -0.3 is 15.5 Å². The lowest BCUT2D eigenvalue weighted by Gasteiger charge is -2.29. The molecule has 7 heteroatoms. The highest BCUT2D eigenvalue weighted by Gasteiger charge is 2.25. The summed E-state index contributed by atoms with van der Waals surface area (Å²) in [4.78, 5) is 31.6. The molecule has 1 aromatic heterocycles. The first-order chi connectivity index (χ1) is 14.0. The van der Waals surface area contributed by atoms with Gasteiger partial charge >= 0.3 is 5.97 Å². The topological polar surface area (TPSA) is 103 Å². The van der Waals surface area contributed by atoms with Crippen molar-refractivity contribution < 1.29 is 19.8 Å². The third-order valence-corrected chi connectivity index (χ3v) is 5.29. The van der Waals surface area contributed by atoms with Crippen molar-refractivity contribution in [2.75, 3.05) is 18.4 Å². The van der Waals surface area contributed by atoms with Gasteiger partial charge in [-0.25, -0.2) is 4.79 Å². The zero-order chi connectivity index (χ0) is 20.5. The summed E-state index contributed by atoms with van der Waals surface area (Å²) >= 11 is 0. The van der Waals surface area contributed by atoms with E-state index in [1.54, 1.807) is 0 Å². The number of carbonyl (C=O) groups excluding carboxylic acids is 1. The first-order valence-electron chi connectivity index (χ1n) is 9.48. The van der Waals surface area contributed by atoms with E-state index in [0.29, 0.717) is 12.1 Å². The molecule has 0 unspecified atom stereocenters. The minimum atomic E-state index is -1.13. The Labute approximate surface area is 167 Å². The van der Waals surface area contributed by atoms with Crippen LogP contribution >= 0.6 is 0 Å². The van der Waals surface area contributed by atoms with Crippen LogP contribution in [0.2, 0.25) is 0 Å². The number of carboxylic acids is 1. The Morgan fingerprint density at radius 3 is 2.76 bits per heavy atom. The van der Waals surface area contributed by atoms with Crippen LogP contribution in [0.15, 0.2) is 42.5 Å². The molecule has 3 aromatic rings. The highest BCUT2D eigenvalue weighted by Crippen LogP contribution is 2.30. The van der Waals surface area contributed by atoms with Crippen LogP contribution < -0.4 is 5.32 Å². The van der Waals surface area contributed by atoms with Crippen LogP contribution in [-0.2, 0) is 13.0 Å². The molecule has 1 aliphatic rings. The number of carboxylic acid groups (broad SMARTS) is 1. The molecule has 7 nitrogen and oxygen atoms in total. The van der Waals surface area contributed by atoms with E-state index in [-0.39, 0.29) is 17.0 Å². The number of phenols is 1. The smallest absolute Gasteiger partial charge is 0.335 e. The van der Waals surface area contributed by atoms with E-state index in [4.69, 9.17) is 4.98 Å². The Morgan fingerprint density at radius 2 is 2.00 bits per heavy atom. The predicted octanol–water partition coefficient (Wildman–Crippen LogP) is 3.27. The maximum Gasteiger partial charge on any atom is 0.335 e. The first-order valence-corrected chi connectivity index (χ1v) is 9.48. The summed E-state index contributed by atoms with van der Waals surface area (Å²) in [6.45, 7) is 4.45. The minimum Gasteiger partial charge on any atom is -0.506 e. The predicted molar refractivity (Wildman–Crippen MR) is 109 cm³/mol. The van der Waals surface area contributed by atoms with Crippen LogP contribution in [0, 0.1) is 0 Å². The molecule has 3 N–H and O–H groups in total. The summed E-state index contributed by atoms with van der Waals surface area (Å²) < 4.78 is 0. The third kappa shape index (κ3) is 3.52. The third-order valence-electron chi connectivity index (χ3n) is 5.29. The number of anilines is 1. The van der Waals surface area contributed by atoms with E-state index in [9.17, 15) is 19.8 Å². The van der Waals surface area contributed by atoms with Crippen molar-refractivity contribution in [2.24, 2.45) is 0 Å². The summed E-state index contributed by atoms with van der Waals surface area (Å²) in [5.41, 5.74) is 3.09. The number of nitrogens with zero attached hydrogens (tertiary/aromatic N) is 2. The van der Waals surface area contributed by atoms with Gasteiger partial charge in [0, 0.05) is 36.2 Å². The number of para-hydroxylation sites is 1. The largest absolute Gasteiger partial charge is 0.506 e. The summed E-state index contributed by atoms with van der Waals surface area (Å²) in [6.07, 6.45) is 0.758. The fraction of sp³-hybridized carbons (Fsp3) is 0.227. The molecule has 0 atom stereocenters. The highest BCUT2D eigenvalue weighted by molar-refractivity contribution is 6.14. The van der Waals surface area contributed by atoms with Crippen LogP contribution in [0.3, 0.4) is 0 Å². The number of rotatable bonds is 4. The zero-order valence-electron chi connectivity index (χ0n) is 16.0. The van der Waals surface area contributed by atoms with Crippen molar-refractivity contribution >= 4 is 28.5 Å². The molecule has 1 aliphatic heterocycles. The number of benzene rings is 2. The minimum absolute atomic E-state index is 0.0168. The molecule has 148 valence electrons. The molecular weight excluding hydrogens is 370 g/mol. The van der Waals surface area contributed by atoms with Gasteiger partial charge in [0.15, 0.2) is 0 Å². The first kappa shape index (κ1) is 18.9. The van der Waals surface area contributed by atoms with Gasteiger partial charge in [0.25, 0.3) is 5.91 Å². The average Bonchev–Trinajstić information content (AvgIpc) is 2.72. The van der Waals surface area contributed by atoms with Crippen LogP contribution in [0.1, 0.15) is 38.9 Å². The highest BCUT2D eigenvalue weighted by atomic mass is 16.4. The summed E-state index contributed by atoms with van der Waals surface area (Å²) in [5.74, 6) is -1.72. The quantitative estimate of drug-likeness (QED) is 0.590. The number of fused-ring (bicyclic) bond motifs is 2. The van der Waals surface area contributed by atoms with Crippen molar-refractivity contribution in [3.63, 3.8) is 0 Å². The van der Waals surface area contributed by atoms with Crippen LogP contribution in [0.4, 0.5) is 5.69 Å². The molecule has 0 saturated carbocycles. The number of aromatic hydroxyl groups is 1. The van der Waals surface area contributed by atoms with Gasteiger partial charge in [-0.2, -0.15) is 0 Å². The van der Waals surface area contributed by atoms with E-state index in [1.807, 2.05) is 24.3 Å². The SMILES string of the molecule is CCN1CCc2nc3ccccc3c(C(=O)Nc3cc(C(=O)O)ccc3O)c2C1. The summed E-state index contributed by atoms with van der Waals surface area (Å²) in [5, 5.41) is 22.7. The number of aromatic carboxylic acids is 1. The molecule has 2 heterocycles. The second-order valence-corrected chi connectivity index (χ2v) is 7.04. The van der Waals surface area contributed by atoms with Crippen molar-refractivity contribution in [1.29, 1.82) is 0 Å². The Kier molecular flexibility index (Phi) is 4.90. The van der Waals surface area contributed by atoms with Gasteiger partial charge in [-0.3, -0.25) is 14.7 Å². The fourth-order valence-corrected chi connectivity index (χ4v) is 3.73. The van der Waals surface area contributed by atoms with Gasteiger partial charge in [-0.05, 0) is 30.8 Å². The van der Waals surface area contributed by atoms with Gasteiger partial charge in [-0.15, -0.1) is 0 Å². The van der Waals surface area contributed by atoms with Crippen LogP contribution in [-0.4, -0.2) is 45.1 Å². The average molecular weight is 391 g/mol. The number of phenolic OH excluding ortho intramolecular Hbond substituents is 1. The van der Waals surface area contributed by atoms with Crippen molar-refractivity contribution in [3.8, 4) is 5.75 Å². The number of hydrogen-bond donors (Lipinski definition) is 3. The molecular formula is C22H21N3O4. The summed E-state index contributed by atoms with van der Waals surface area (Å²) in [6, 6.07) is 11.3. The maximum absolute atomic E-state index is 13.3. The molecule has 4 rings (SSSR count). The number of carbonyl (C=O) groups is 2. The zero-order valence-corrected chi connectivity index (χ0v) is 16.0. The second kappa shape index (κ2) is 7.52. The van der Waals surface area contributed by atoms with E-state index in [0.717, 1.165) is 41.7 Å². The lowest BCUT2D eigenvalue weighted by atomic mass is 9.95. The van der Waals surface area contributed by atoms with Gasteiger partial charge in [0.2, 0.25) is 0 Å². The number of likely N-dealkylation sites (N-methyl/N-ethyl adjacent to an activating group) is 1. The van der Waals surface area contributed by atoms with Crippen molar-refractivity contribution in [1.82, 2.24) is 9.88 Å². The van der Waals surface area contributed by atoms with Gasteiger partial charge in [0.1, 0.15) is 5.75 Å². The Balaban J connectivity index is 1.82. The molecule has 0 saturated heterocycles. The summed E-state index contributed by atoms with van der Waals surface area (Å²) in [7, 11) is 0. The van der Waals surface area contributed by atoms with Gasteiger partial charge in [-0.1, -0.05) is 25.1 Å². The normalized spacial score (nSPS) is 13.8. The van der Waals surface area contributed by atoms with Crippen molar-refractivity contribution in [2.45, 2.75) is 19.9 Å². The molecule has 0 radical (unpaired) electrons. The Bertz CT molecular complexity index is 1130. The number of pyridine rings is 1. The number of aromatic nitrogens is 1. The Hall–Kier alpha value is -3.45. The molecule has 0 aliphatic carbocycles. The number of hydrogen-bond acceptors (Lipinski definition) is 5. The monoisotopic (exact) mass is 391 g/mol. The fourth-order valence-electron chi connectivity index (χ4n) is 3.73. The molecule has 29 heavy (non-hydrogen) atoms. The van der Waals surface area contributed by atoms with E-state index < -0.39 is 11.9 Å². The molecule has 0 spiro atoms. The Morgan fingerprint density at radius 1 is 1.21 bits per heavy atom. The lowest BCUT2D eigenvalue weighted by Crippen LogP contribution is -2.33. The second-order valence-electron chi connectivity index (χ2n) is 7.04. The number of nitrogens with one attached hydrogen (secondary N) is 1. The lowest BCUT2D eigenvalue weighted by molar-refractivity contribution is 0.0696. The standard InChI is InChI=1S/C22H21N3O4/c1-2-25-10-9-17-15(12-25)20(14-5-3-4-6-16(14)23-17)21(27)24-18-11-13(22(28)29)7-8-19(18)26/h3-8,11,26H,2,9-10,12H2,1H3,(H,24,27)(H,28,29). The molecule has 2 aromatic carbocycles. The van der Waals surface area contributed by atoms with Gasteiger partial charge in [0.05, 0.1) is 22.3 Å². The van der Waals surface area contributed by atoms with E-state index in [2.05, 4.69) is 17.1 Å². The van der Waals surface area contributed by atoms with Crippen molar-refractivity contribution in [3.05, 3.63) is 64.8 Å². The van der Waals surface area contributed by atoms with Crippen LogP contribution in [0.5, 0.6) is 5.75 Å². The molecule has 1 amide bonds. The van der Waals surface area contributed by atoms with E-state index in [1.165, 1.54) is 18.2 Å². The number of amides is 1. The van der Waals surface area contributed by atoms with E-state index >= 15 is 0 Å². The maximum atomic E-state index is 13.3. The van der Waals surface area contributed by atoms with Crippen LogP contribution in [0.25, 0.3) is 10.9 Å². The molecule has 0 bridgehead atoms.